The minimum Gasteiger partial charge on any atom is -0.454 e. The van der Waals surface area contributed by atoms with E-state index in [0.717, 1.165) is 10.2 Å². The van der Waals surface area contributed by atoms with Crippen LogP contribution in [-0.2, 0) is 16.6 Å². The highest BCUT2D eigenvalue weighted by molar-refractivity contribution is 7.90. The van der Waals surface area contributed by atoms with E-state index in [9.17, 15) is 8.42 Å². The minimum absolute atomic E-state index is 0.0821. The van der Waals surface area contributed by atoms with Crippen molar-refractivity contribution in [1.29, 1.82) is 0 Å². The van der Waals surface area contributed by atoms with Crippen LogP contribution in [-0.4, -0.2) is 19.8 Å². The molecule has 0 bridgehead atoms. The molecule has 0 unspecified atom stereocenters. The van der Waals surface area contributed by atoms with E-state index in [-0.39, 0.29) is 11.7 Å². The van der Waals surface area contributed by atoms with Crippen LogP contribution in [0.15, 0.2) is 58.3 Å². The lowest BCUT2D eigenvalue weighted by molar-refractivity contribution is 0.174. The summed E-state index contributed by atoms with van der Waals surface area (Å²) < 4.78 is 42.8. The van der Waals surface area contributed by atoms with Gasteiger partial charge < -0.3 is 14.0 Å². The van der Waals surface area contributed by atoms with E-state index < -0.39 is 10.0 Å². The van der Waals surface area contributed by atoms with Gasteiger partial charge in [0, 0.05) is 23.7 Å². The fourth-order valence-corrected chi connectivity index (χ4v) is 4.98. The van der Waals surface area contributed by atoms with Crippen LogP contribution in [0.25, 0.3) is 10.2 Å². The lowest BCUT2D eigenvalue weighted by Crippen LogP contribution is -2.16. The third-order valence-electron chi connectivity index (χ3n) is 3.80. The number of allylic oxidation sites excluding steroid dienone is 1. The zero-order valence-corrected chi connectivity index (χ0v) is 15.8. The molecule has 0 spiro atoms. The van der Waals surface area contributed by atoms with Crippen molar-refractivity contribution in [2.75, 3.05) is 6.79 Å². The Morgan fingerprint density at radius 3 is 2.62 bits per heavy atom. The van der Waals surface area contributed by atoms with Crippen molar-refractivity contribution >= 4 is 43.2 Å². The van der Waals surface area contributed by atoms with Gasteiger partial charge in [0.05, 0.1) is 15.1 Å². The largest absolute Gasteiger partial charge is 0.454 e. The third kappa shape index (κ3) is 3.00. The summed E-state index contributed by atoms with van der Waals surface area (Å²) in [7, 11) is -3.87. The van der Waals surface area contributed by atoms with Gasteiger partial charge >= 0.3 is 0 Å². The summed E-state index contributed by atoms with van der Waals surface area (Å²) >= 11 is 7.09. The average molecular weight is 409 g/mol. The Kier molecular flexibility index (Phi) is 4.26. The molecule has 1 aromatic heterocycles. The van der Waals surface area contributed by atoms with Crippen molar-refractivity contribution in [2.24, 2.45) is 4.40 Å². The molecule has 9 heteroatoms. The second-order valence-electron chi connectivity index (χ2n) is 5.48. The summed E-state index contributed by atoms with van der Waals surface area (Å²) in [6.45, 7) is 4.33. The molecular weight excluding hydrogens is 396 g/mol. The summed E-state index contributed by atoms with van der Waals surface area (Å²) in [6, 6.07) is 9.56. The van der Waals surface area contributed by atoms with Crippen LogP contribution in [0.4, 0.5) is 0 Å². The van der Waals surface area contributed by atoms with Crippen molar-refractivity contribution in [3.8, 4) is 11.5 Å². The summed E-state index contributed by atoms with van der Waals surface area (Å²) in [4.78, 5) is 0.428. The van der Waals surface area contributed by atoms with Crippen LogP contribution in [0.3, 0.4) is 0 Å². The first-order chi connectivity index (χ1) is 12.5. The molecule has 3 aromatic rings. The predicted molar refractivity (Wildman–Crippen MR) is 100 cm³/mol. The van der Waals surface area contributed by atoms with E-state index in [2.05, 4.69) is 11.0 Å². The lowest BCUT2D eigenvalue weighted by atomic mass is 10.3. The molecular formula is C17H13ClN2O4S2. The van der Waals surface area contributed by atoms with Gasteiger partial charge in [-0.25, -0.2) is 0 Å². The molecule has 26 heavy (non-hydrogen) atoms. The van der Waals surface area contributed by atoms with Crippen molar-refractivity contribution in [3.05, 3.63) is 58.9 Å². The van der Waals surface area contributed by atoms with E-state index in [0.29, 0.717) is 27.9 Å². The fraction of sp³-hybridized carbons (Fsp3) is 0.118. The third-order valence-corrected chi connectivity index (χ3v) is 6.49. The molecule has 2 heterocycles. The summed E-state index contributed by atoms with van der Waals surface area (Å²) in [5.74, 6) is 1.26. The van der Waals surface area contributed by atoms with Crippen molar-refractivity contribution in [1.82, 2.24) is 4.57 Å². The number of hydrogen-bond donors (Lipinski definition) is 0. The quantitative estimate of drug-likeness (QED) is 0.619. The smallest absolute Gasteiger partial charge is 0.285 e. The van der Waals surface area contributed by atoms with Crippen molar-refractivity contribution < 1.29 is 17.9 Å². The molecule has 0 radical (unpaired) electrons. The Labute approximate surface area is 158 Å². The maximum Gasteiger partial charge on any atom is 0.285 e. The van der Waals surface area contributed by atoms with Crippen LogP contribution in [0.2, 0.25) is 5.02 Å². The zero-order chi connectivity index (χ0) is 18.3. The minimum atomic E-state index is -3.87. The molecule has 0 aliphatic carbocycles. The van der Waals surface area contributed by atoms with Gasteiger partial charge in [0.15, 0.2) is 11.5 Å². The highest BCUT2D eigenvalue weighted by atomic mass is 35.5. The van der Waals surface area contributed by atoms with Crippen LogP contribution >= 0.6 is 22.9 Å². The first-order valence-corrected chi connectivity index (χ1v) is 10.2. The number of thiazole rings is 1. The molecule has 4 rings (SSSR count). The lowest BCUT2D eigenvalue weighted by Gasteiger charge is -2.03. The maximum atomic E-state index is 12.7. The van der Waals surface area contributed by atoms with E-state index in [1.807, 2.05) is 12.1 Å². The second-order valence-corrected chi connectivity index (χ2v) is 8.53. The number of fused-ring (bicyclic) bond motifs is 2. The maximum absolute atomic E-state index is 12.7. The molecule has 0 atom stereocenters. The molecule has 2 aromatic carbocycles. The van der Waals surface area contributed by atoms with E-state index in [1.54, 1.807) is 10.6 Å². The zero-order valence-electron chi connectivity index (χ0n) is 13.4. The average Bonchev–Trinajstić information content (AvgIpc) is 3.18. The van der Waals surface area contributed by atoms with Gasteiger partial charge in [0.2, 0.25) is 11.6 Å². The van der Waals surface area contributed by atoms with Crippen molar-refractivity contribution in [3.63, 3.8) is 0 Å². The molecule has 1 aliphatic rings. The van der Waals surface area contributed by atoms with E-state index in [1.165, 1.54) is 35.6 Å². The molecule has 134 valence electrons. The summed E-state index contributed by atoms with van der Waals surface area (Å²) in [5, 5.41) is 0.460. The Balaban J connectivity index is 1.92. The van der Waals surface area contributed by atoms with E-state index in [4.69, 9.17) is 21.1 Å². The van der Waals surface area contributed by atoms with Crippen LogP contribution in [0.1, 0.15) is 0 Å². The number of hydrogen-bond acceptors (Lipinski definition) is 5. The number of halogens is 1. The Bertz CT molecular complexity index is 1180. The number of aromatic nitrogens is 1. The van der Waals surface area contributed by atoms with E-state index >= 15 is 0 Å². The normalized spacial score (nSPS) is 14.1. The summed E-state index contributed by atoms with van der Waals surface area (Å²) in [6.07, 6.45) is 1.69. The second kappa shape index (κ2) is 6.46. The Hall–Kier alpha value is -2.29. The van der Waals surface area contributed by atoms with Crippen molar-refractivity contribution in [2.45, 2.75) is 11.4 Å². The summed E-state index contributed by atoms with van der Waals surface area (Å²) in [5.41, 5.74) is 0.809. The molecule has 6 nitrogen and oxygen atoms in total. The van der Waals surface area contributed by atoms with Gasteiger partial charge in [0.25, 0.3) is 10.0 Å². The van der Waals surface area contributed by atoms with Gasteiger partial charge in [-0.3, -0.25) is 0 Å². The van der Waals surface area contributed by atoms with Crippen LogP contribution < -0.4 is 14.3 Å². The van der Waals surface area contributed by atoms with Gasteiger partial charge in [0.1, 0.15) is 0 Å². The monoisotopic (exact) mass is 408 g/mol. The topological polar surface area (TPSA) is 69.9 Å². The Morgan fingerprint density at radius 1 is 1.23 bits per heavy atom. The number of ether oxygens (including phenoxy) is 2. The van der Waals surface area contributed by atoms with Crippen LogP contribution in [0.5, 0.6) is 11.5 Å². The number of rotatable bonds is 4. The van der Waals surface area contributed by atoms with Crippen LogP contribution in [0, 0.1) is 0 Å². The van der Waals surface area contributed by atoms with Gasteiger partial charge in [-0.1, -0.05) is 29.0 Å². The SMILES string of the molecule is C=CCn1/c(=N/S(=O)(=O)c2ccc(Cl)cc2)sc2cc3c(cc21)OCO3. The first kappa shape index (κ1) is 17.1. The Morgan fingerprint density at radius 2 is 1.92 bits per heavy atom. The molecule has 0 amide bonds. The van der Waals surface area contributed by atoms with Gasteiger partial charge in [-0.15, -0.1) is 11.0 Å². The highest BCUT2D eigenvalue weighted by Gasteiger charge is 2.19. The molecule has 0 saturated heterocycles. The number of sulfonamides is 1. The fourth-order valence-electron chi connectivity index (χ4n) is 2.60. The van der Waals surface area contributed by atoms with Gasteiger partial charge in [-0.05, 0) is 24.3 Å². The molecule has 0 N–H and O–H groups in total. The highest BCUT2D eigenvalue weighted by Crippen LogP contribution is 2.37. The number of benzene rings is 2. The molecule has 1 aliphatic heterocycles. The standard InChI is InChI=1S/C17H13ClN2O4S2/c1-2-7-20-13-8-14-15(24-10-23-14)9-16(13)25-17(20)19-26(21,22)12-5-3-11(18)4-6-12/h2-6,8-9H,1,7,10H2/b19-17-. The number of nitrogens with zero attached hydrogens (tertiary/aromatic N) is 2. The first-order valence-electron chi connectivity index (χ1n) is 7.58. The molecule has 0 fully saturated rings. The predicted octanol–water partition coefficient (Wildman–Crippen LogP) is 3.56. The van der Waals surface area contributed by atoms with Gasteiger partial charge in [-0.2, -0.15) is 8.42 Å². The molecule has 0 saturated carbocycles.